The average Bonchev–Trinajstić information content (AvgIpc) is 2.99. The van der Waals surface area contributed by atoms with Crippen LogP contribution in [0.25, 0.3) is 0 Å². The summed E-state index contributed by atoms with van der Waals surface area (Å²) in [4.78, 5) is 10.9. The van der Waals surface area contributed by atoms with E-state index in [9.17, 15) is 4.79 Å². The van der Waals surface area contributed by atoms with E-state index in [-0.39, 0.29) is 29.3 Å². The summed E-state index contributed by atoms with van der Waals surface area (Å²) in [6.07, 6.45) is 8.29. The van der Waals surface area contributed by atoms with Crippen LogP contribution in [-0.4, -0.2) is 47.8 Å². The molecule has 0 bridgehead atoms. The minimum absolute atomic E-state index is 0.0197. The number of allylic oxidation sites excluding steroid dienone is 1. The van der Waals surface area contributed by atoms with Gasteiger partial charge in [0, 0.05) is 5.92 Å². The Labute approximate surface area is 257 Å². The first-order valence-electron chi connectivity index (χ1n) is 15.9. The molecule has 1 aliphatic heterocycles. The Balaban J connectivity index is 1.93. The summed E-state index contributed by atoms with van der Waals surface area (Å²) in [5.41, 5.74) is 1.17. The summed E-state index contributed by atoms with van der Waals surface area (Å²) in [7, 11) is -4.42. The van der Waals surface area contributed by atoms with Gasteiger partial charge in [0.2, 0.25) is 0 Å². The van der Waals surface area contributed by atoms with E-state index < -0.39 is 16.6 Å². The summed E-state index contributed by atoms with van der Waals surface area (Å²) >= 11 is 0. The third-order valence-electron chi connectivity index (χ3n) is 9.28. The van der Waals surface area contributed by atoms with E-state index in [0.29, 0.717) is 13.0 Å². The van der Waals surface area contributed by atoms with Gasteiger partial charge in [-0.25, -0.2) is 0 Å². The van der Waals surface area contributed by atoms with Crippen LogP contribution in [0.2, 0.25) is 23.2 Å². The van der Waals surface area contributed by atoms with E-state index in [1.165, 1.54) is 15.9 Å². The van der Waals surface area contributed by atoms with Gasteiger partial charge in [-0.1, -0.05) is 127 Å². The number of hydrogen-bond acceptors (Lipinski definition) is 4. The third kappa shape index (κ3) is 8.09. The summed E-state index contributed by atoms with van der Waals surface area (Å²) < 4.78 is 21.0. The molecule has 1 aliphatic rings. The summed E-state index contributed by atoms with van der Waals surface area (Å²) in [5.74, 6) is 0.232. The van der Waals surface area contributed by atoms with E-state index in [2.05, 4.69) is 122 Å². The van der Waals surface area contributed by atoms with Crippen molar-refractivity contribution in [1.29, 1.82) is 0 Å². The number of benzene rings is 2. The monoisotopic (exact) mass is 606 g/mol. The van der Waals surface area contributed by atoms with E-state index >= 15 is 0 Å². The van der Waals surface area contributed by atoms with Crippen molar-refractivity contribution in [3.05, 3.63) is 84.5 Å². The lowest BCUT2D eigenvalue weighted by Gasteiger charge is -2.44. The average molecular weight is 607 g/mol. The van der Waals surface area contributed by atoms with Gasteiger partial charge in [0.15, 0.2) is 8.32 Å². The molecule has 230 valence electrons. The maximum absolute atomic E-state index is 10.9. The molecule has 0 amide bonds. The lowest BCUT2D eigenvalue weighted by molar-refractivity contribution is -0.105. The summed E-state index contributed by atoms with van der Waals surface area (Å²) in [5, 5.41) is 2.50. The standard InChI is InChI=1S/C36H54O4Si2/c1-9-41(10-2,11-3)40-35-27-31(20-18-19-25-37)39-34(30(35)5)26-29(4)28-38-42(36(6,7)8,32-21-14-12-15-22-32)33-23-16-13-17-24-33/h12-19,21-26,30-31,34-35H,9-11,20,27-28H2,1-8H3/b19-18+,29-26+/t30-,31-,34+,35-/m0/s1. The molecule has 6 heteroatoms. The van der Waals surface area contributed by atoms with E-state index in [1.807, 2.05) is 6.08 Å². The molecular weight excluding hydrogens is 553 g/mol. The molecule has 0 N–H and O–H groups in total. The quantitative estimate of drug-likeness (QED) is 0.0951. The molecule has 4 nitrogen and oxygen atoms in total. The molecule has 0 saturated carbocycles. The Morgan fingerprint density at radius 3 is 1.98 bits per heavy atom. The summed E-state index contributed by atoms with van der Waals surface area (Å²) in [6.45, 7) is 18.8. The maximum Gasteiger partial charge on any atom is 0.261 e. The van der Waals surface area contributed by atoms with Crippen LogP contribution in [0.1, 0.15) is 68.2 Å². The molecule has 0 aliphatic carbocycles. The molecule has 0 aromatic heterocycles. The van der Waals surface area contributed by atoms with Crippen LogP contribution in [0.15, 0.2) is 84.5 Å². The van der Waals surface area contributed by atoms with E-state index in [4.69, 9.17) is 13.6 Å². The van der Waals surface area contributed by atoms with Crippen LogP contribution in [-0.2, 0) is 18.4 Å². The van der Waals surface area contributed by atoms with Crippen molar-refractivity contribution in [3.63, 3.8) is 0 Å². The molecule has 4 atom stereocenters. The van der Waals surface area contributed by atoms with Crippen LogP contribution in [0.4, 0.5) is 0 Å². The first-order valence-corrected chi connectivity index (χ1v) is 20.4. The van der Waals surface area contributed by atoms with Gasteiger partial charge in [0.05, 0.1) is 24.9 Å². The van der Waals surface area contributed by atoms with Gasteiger partial charge in [-0.15, -0.1) is 0 Å². The van der Waals surface area contributed by atoms with Crippen LogP contribution in [0.5, 0.6) is 0 Å². The third-order valence-corrected chi connectivity index (χ3v) is 18.9. The smallest absolute Gasteiger partial charge is 0.261 e. The maximum atomic E-state index is 10.9. The van der Waals surface area contributed by atoms with Gasteiger partial charge >= 0.3 is 0 Å². The number of hydrogen-bond donors (Lipinski definition) is 0. The van der Waals surface area contributed by atoms with Crippen molar-refractivity contribution in [2.45, 2.75) is 110 Å². The van der Waals surface area contributed by atoms with Gasteiger partial charge in [0.25, 0.3) is 8.32 Å². The van der Waals surface area contributed by atoms with Crippen molar-refractivity contribution in [2.75, 3.05) is 6.61 Å². The fourth-order valence-electron chi connectivity index (χ4n) is 6.50. The highest BCUT2D eigenvalue weighted by Gasteiger charge is 2.50. The number of carbonyl (C=O) groups is 1. The number of carbonyl (C=O) groups excluding carboxylic acids is 1. The number of ether oxygens (including phenoxy) is 1. The largest absolute Gasteiger partial charge is 0.413 e. The molecular formula is C36H54O4Si2. The SMILES string of the molecule is CC[Si](CC)(CC)O[C@H]1C[C@H](C/C=C/C=O)O[C@H](/C=C(\C)CO[Si](c2ccccc2)(c2ccccc2)C(C)(C)C)[C@@H]1C. The Kier molecular flexibility index (Phi) is 12.8. The van der Waals surface area contributed by atoms with Gasteiger partial charge in [-0.05, 0) is 59.4 Å². The van der Waals surface area contributed by atoms with Crippen LogP contribution < -0.4 is 10.4 Å². The minimum Gasteiger partial charge on any atom is -0.413 e. The zero-order valence-corrected chi connectivity index (χ0v) is 29.3. The molecule has 1 fully saturated rings. The molecule has 1 heterocycles. The highest BCUT2D eigenvalue weighted by atomic mass is 28.4. The fourth-order valence-corrected chi connectivity index (χ4v) is 14.1. The Morgan fingerprint density at radius 1 is 0.952 bits per heavy atom. The first kappa shape index (κ1) is 34.4. The van der Waals surface area contributed by atoms with E-state index in [0.717, 1.165) is 30.8 Å². The fraction of sp³-hybridized carbons (Fsp3) is 0.528. The predicted molar refractivity (Wildman–Crippen MR) is 182 cm³/mol. The minimum atomic E-state index is -2.63. The molecule has 3 rings (SSSR count). The van der Waals surface area contributed by atoms with E-state index in [1.54, 1.807) is 6.08 Å². The second-order valence-corrected chi connectivity index (χ2v) is 22.0. The highest BCUT2D eigenvalue weighted by Crippen LogP contribution is 2.38. The second-order valence-electron chi connectivity index (χ2n) is 13.0. The zero-order chi connectivity index (χ0) is 30.8. The molecule has 0 unspecified atom stereocenters. The molecule has 42 heavy (non-hydrogen) atoms. The van der Waals surface area contributed by atoms with Crippen molar-refractivity contribution in [1.82, 2.24) is 0 Å². The Morgan fingerprint density at radius 2 is 1.50 bits per heavy atom. The normalized spacial score (nSPS) is 22.4. The lowest BCUT2D eigenvalue weighted by Crippen LogP contribution is -2.66. The highest BCUT2D eigenvalue weighted by molar-refractivity contribution is 6.99. The van der Waals surface area contributed by atoms with Crippen molar-refractivity contribution in [2.24, 2.45) is 5.92 Å². The second kappa shape index (κ2) is 15.6. The Bertz CT molecular complexity index is 1100. The first-order chi connectivity index (χ1) is 20.1. The number of rotatable bonds is 14. The lowest BCUT2D eigenvalue weighted by atomic mass is 9.88. The van der Waals surface area contributed by atoms with Crippen LogP contribution >= 0.6 is 0 Å². The topological polar surface area (TPSA) is 44.8 Å². The van der Waals surface area contributed by atoms with Crippen LogP contribution in [0, 0.1) is 5.92 Å². The predicted octanol–water partition coefficient (Wildman–Crippen LogP) is 7.84. The number of aldehydes is 1. The van der Waals surface area contributed by atoms with Gasteiger partial charge in [0.1, 0.15) is 6.29 Å². The molecule has 2 aromatic rings. The summed E-state index contributed by atoms with van der Waals surface area (Å²) in [6, 6.07) is 25.0. The molecule has 0 spiro atoms. The van der Waals surface area contributed by atoms with Crippen molar-refractivity contribution < 1.29 is 18.4 Å². The zero-order valence-electron chi connectivity index (χ0n) is 27.3. The Hall–Kier alpha value is -2.10. The molecule has 0 radical (unpaired) electrons. The molecule has 2 aromatic carbocycles. The van der Waals surface area contributed by atoms with Crippen molar-refractivity contribution in [3.8, 4) is 0 Å². The van der Waals surface area contributed by atoms with Gasteiger partial charge in [-0.3, -0.25) is 4.79 Å². The van der Waals surface area contributed by atoms with Crippen molar-refractivity contribution >= 4 is 33.3 Å². The van der Waals surface area contributed by atoms with Gasteiger partial charge in [-0.2, -0.15) is 0 Å². The van der Waals surface area contributed by atoms with Crippen LogP contribution in [0.3, 0.4) is 0 Å². The molecule has 1 saturated heterocycles. The van der Waals surface area contributed by atoms with Gasteiger partial charge < -0.3 is 13.6 Å².